The fourth-order valence-corrected chi connectivity index (χ4v) is 4.03. The maximum Gasteiger partial charge on any atom is 0.431 e. The van der Waals surface area contributed by atoms with E-state index in [2.05, 4.69) is 11.9 Å². The van der Waals surface area contributed by atoms with E-state index in [0.717, 1.165) is 30.9 Å². The Balaban J connectivity index is 2.32. The van der Waals surface area contributed by atoms with E-state index in [1.807, 2.05) is 0 Å². The summed E-state index contributed by atoms with van der Waals surface area (Å²) in [5.74, 6) is -2.25. The average molecular weight is 552 g/mol. The summed E-state index contributed by atoms with van der Waals surface area (Å²) in [6.07, 6.45) is -5.68. The lowest BCUT2D eigenvalue weighted by molar-refractivity contribution is -0.147. The van der Waals surface area contributed by atoms with Gasteiger partial charge in [0, 0.05) is 23.6 Å². The summed E-state index contributed by atoms with van der Waals surface area (Å²) < 4.78 is 59.6. The maximum absolute atomic E-state index is 14.7. The number of hydrogen-bond acceptors (Lipinski definition) is 6. The lowest BCUT2D eigenvalue weighted by atomic mass is 10.3. The van der Waals surface area contributed by atoms with Gasteiger partial charge in [0.25, 0.3) is 5.56 Å². The van der Waals surface area contributed by atoms with Crippen LogP contribution in [0.2, 0.25) is 5.02 Å². The van der Waals surface area contributed by atoms with E-state index in [1.165, 1.54) is 13.8 Å². The molecule has 8 nitrogen and oxygen atoms in total. The summed E-state index contributed by atoms with van der Waals surface area (Å²) in [6, 6.07) is 1.94. The Bertz CT molecular complexity index is 1320. The van der Waals surface area contributed by atoms with Crippen molar-refractivity contribution in [2.45, 2.75) is 43.2 Å². The number of nitrogens with one attached hydrogen (secondary N) is 1. The molecule has 1 aromatic carbocycles. The molecule has 2 rings (SSSR count). The number of carbonyl (C=O) groups excluding carboxylic acids is 2. The minimum absolute atomic E-state index is 0.0242. The van der Waals surface area contributed by atoms with Crippen molar-refractivity contribution in [1.82, 2.24) is 14.5 Å². The van der Waals surface area contributed by atoms with Crippen LogP contribution < -0.4 is 16.6 Å². The molecule has 14 heteroatoms. The van der Waals surface area contributed by atoms with Crippen LogP contribution in [-0.4, -0.2) is 38.9 Å². The van der Waals surface area contributed by atoms with Gasteiger partial charge in [-0.1, -0.05) is 18.2 Å². The first-order chi connectivity index (χ1) is 16.5. The summed E-state index contributed by atoms with van der Waals surface area (Å²) >= 11 is 6.88. The summed E-state index contributed by atoms with van der Waals surface area (Å²) in [7, 11) is 0.794. The first-order valence-corrected chi connectivity index (χ1v) is 11.5. The molecule has 0 radical (unpaired) electrons. The van der Waals surface area contributed by atoms with Crippen molar-refractivity contribution in [3.05, 3.63) is 67.7 Å². The Labute approximate surface area is 211 Å². The van der Waals surface area contributed by atoms with Gasteiger partial charge in [-0.05, 0) is 32.9 Å². The number of rotatable bonds is 8. The largest absolute Gasteiger partial charge is 0.460 e. The van der Waals surface area contributed by atoms with Crippen molar-refractivity contribution in [1.29, 1.82) is 0 Å². The molecular formula is C22H22ClF4N3O5S. The SMILES string of the molecule is C=C(C)C(=O)NCC(C)OC(=O)C(C)Sc1cc(-n2c(=O)cc(C(F)(F)F)n(C)c2=O)c(F)cc1Cl. The highest BCUT2D eigenvalue weighted by atomic mass is 35.5. The van der Waals surface area contributed by atoms with E-state index >= 15 is 0 Å². The number of thioether (sulfide) groups is 1. The number of alkyl halides is 3. The van der Waals surface area contributed by atoms with Crippen LogP contribution in [0.3, 0.4) is 0 Å². The molecule has 0 saturated heterocycles. The Morgan fingerprint density at radius 3 is 2.39 bits per heavy atom. The second-order valence-corrected chi connectivity index (χ2v) is 9.56. The van der Waals surface area contributed by atoms with Crippen LogP contribution in [0.1, 0.15) is 26.5 Å². The van der Waals surface area contributed by atoms with Gasteiger partial charge in [-0.2, -0.15) is 13.2 Å². The highest BCUT2D eigenvalue weighted by molar-refractivity contribution is 8.00. The first-order valence-electron chi connectivity index (χ1n) is 10.2. The van der Waals surface area contributed by atoms with Crippen molar-refractivity contribution >= 4 is 35.2 Å². The second-order valence-electron chi connectivity index (χ2n) is 7.77. The van der Waals surface area contributed by atoms with E-state index in [9.17, 15) is 36.7 Å². The molecule has 2 atom stereocenters. The second kappa shape index (κ2) is 11.3. The fraction of sp³-hybridized carbons (Fsp3) is 0.364. The normalized spacial score (nSPS) is 13.1. The zero-order chi connectivity index (χ0) is 27.5. The Morgan fingerprint density at radius 2 is 1.83 bits per heavy atom. The molecule has 36 heavy (non-hydrogen) atoms. The lowest BCUT2D eigenvalue weighted by Crippen LogP contribution is -2.41. The van der Waals surface area contributed by atoms with E-state index in [-0.39, 0.29) is 37.2 Å². The van der Waals surface area contributed by atoms with Crippen LogP contribution >= 0.6 is 23.4 Å². The number of halogens is 5. The molecule has 0 saturated carbocycles. The number of carbonyl (C=O) groups is 2. The third-order valence-corrected chi connectivity index (χ3v) is 6.31. The lowest BCUT2D eigenvalue weighted by Gasteiger charge is -2.18. The minimum Gasteiger partial charge on any atom is -0.460 e. The van der Waals surface area contributed by atoms with Gasteiger partial charge >= 0.3 is 17.8 Å². The Kier molecular flexibility index (Phi) is 9.18. The van der Waals surface area contributed by atoms with Gasteiger partial charge in [0.1, 0.15) is 22.9 Å². The average Bonchev–Trinajstić information content (AvgIpc) is 2.76. The third-order valence-electron chi connectivity index (χ3n) is 4.74. The number of aromatic nitrogens is 2. The van der Waals surface area contributed by atoms with E-state index in [1.54, 1.807) is 6.92 Å². The molecule has 0 aliphatic rings. The zero-order valence-electron chi connectivity index (χ0n) is 19.5. The van der Waals surface area contributed by atoms with E-state index in [4.69, 9.17) is 16.3 Å². The van der Waals surface area contributed by atoms with Gasteiger partial charge in [-0.3, -0.25) is 19.0 Å². The molecule has 1 N–H and O–H groups in total. The molecule has 0 aliphatic carbocycles. The predicted octanol–water partition coefficient (Wildman–Crippen LogP) is 3.45. The van der Waals surface area contributed by atoms with Crippen molar-refractivity contribution in [2.75, 3.05) is 6.54 Å². The monoisotopic (exact) mass is 551 g/mol. The zero-order valence-corrected chi connectivity index (χ0v) is 21.1. The van der Waals surface area contributed by atoms with Crippen LogP contribution in [0.25, 0.3) is 5.69 Å². The van der Waals surface area contributed by atoms with Crippen LogP contribution in [-0.2, 0) is 27.5 Å². The number of amides is 1. The van der Waals surface area contributed by atoms with E-state index < -0.39 is 57.9 Å². The molecule has 1 aromatic heterocycles. The minimum atomic E-state index is -4.98. The topological polar surface area (TPSA) is 99.4 Å². The highest BCUT2D eigenvalue weighted by Gasteiger charge is 2.35. The van der Waals surface area contributed by atoms with Crippen LogP contribution in [0, 0.1) is 5.82 Å². The van der Waals surface area contributed by atoms with Gasteiger partial charge in [0.2, 0.25) is 5.91 Å². The van der Waals surface area contributed by atoms with Crippen molar-refractivity contribution in [2.24, 2.45) is 7.05 Å². The number of hydrogen-bond donors (Lipinski definition) is 1. The van der Waals surface area contributed by atoms with E-state index in [0.29, 0.717) is 0 Å². The molecule has 196 valence electrons. The molecule has 1 heterocycles. The van der Waals surface area contributed by atoms with Gasteiger partial charge in [-0.15, -0.1) is 11.8 Å². The van der Waals surface area contributed by atoms with Crippen molar-refractivity contribution in [3.63, 3.8) is 0 Å². The van der Waals surface area contributed by atoms with Gasteiger partial charge in [0.15, 0.2) is 0 Å². The molecule has 1 amide bonds. The van der Waals surface area contributed by atoms with Crippen LogP contribution in [0.5, 0.6) is 0 Å². The van der Waals surface area contributed by atoms with Gasteiger partial charge in [0.05, 0.1) is 17.3 Å². The molecule has 0 bridgehead atoms. The summed E-state index contributed by atoms with van der Waals surface area (Å²) in [5.41, 5.74) is -4.69. The number of esters is 1. The molecule has 0 fully saturated rings. The van der Waals surface area contributed by atoms with Crippen molar-refractivity contribution in [3.8, 4) is 5.69 Å². The van der Waals surface area contributed by atoms with Crippen LogP contribution in [0.4, 0.5) is 17.6 Å². The fourth-order valence-electron chi connectivity index (χ4n) is 2.86. The molecule has 2 aromatic rings. The standard InChI is InChI=1S/C22H22ClF4N3O5S/c1-10(2)19(32)28-9-11(3)35-20(33)12(4)36-16-7-15(14(24)6-13(16)23)30-18(31)8-17(22(25,26)27)29(5)21(30)34/h6-8,11-12H,1,9H2,2-5H3,(H,28,32). The highest BCUT2D eigenvalue weighted by Crippen LogP contribution is 2.34. The molecular weight excluding hydrogens is 530 g/mol. The molecule has 2 unspecified atom stereocenters. The number of benzene rings is 1. The molecule has 0 spiro atoms. The summed E-state index contributed by atoms with van der Waals surface area (Å²) in [4.78, 5) is 48.9. The first kappa shape index (κ1) is 29.2. The molecule has 0 aliphatic heterocycles. The smallest absolute Gasteiger partial charge is 0.431 e. The third kappa shape index (κ3) is 6.78. The maximum atomic E-state index is 14.7. The van der Waals surface area contributed by atoms with Crippen LogP contribution in [0.15, 0.2) is 44.8 Å². The quantitative estimate of drug-likeness (QED) is 0.233. The summed E-state index contributed by atoms with van der Waals surface area (Å²) in [5, 5.41) is 1.45. The predicted molar refractivity (Wildman–Crippen MR) is 126 cm³/mol. The van der Waals surface area contributed by atoms with Gasteiger partial charge < -0.3 is 10.1 Å². The number of ether oxygens (including phenoxy) is 1. The Morgan fingerprint density at radius 1 is 1.22 bits per heavy atom. The van der Waals surface area contributed by atoms with Gasteiger partial charge in [-0.25, -0.2) is 13.8 Å². The summed E-state index contributed by atoms with van der Waals surface area (Å²) in [6.45, 7) is 8.03. The Hall–Kier alpha value is -3.06. The number of nitrogens with zero attached hydrogens (tertiary/aromatic N) is 2. The van der Waals surface area contributed by atoms with Crippen molar-refractivity contribution < 1.29 is 31.9 Å².